The molecule has 0 spiro atoms. The molecule has 96 valence electrons. The van der Waals surface area contributed by atoms with E-state index in [4.69, 9.17) is 9.47 Å². The van der Waals surface area contributed by atoms with Crippen molar-refractivity contribution >= 4 is 5.78 Å². The zero-order valence-corrected chi connectivity index (χ0v) is 10.8. The second-order valence-electron chi connectivity index (χ2n) is 5.33. The number of rotatable bonds is 2. The van der Waals surface area contributed by atoms with Gasteiger partial charge in [0.15, 0.2) is 5.78 Å². The van der Waals surface area contributed by atoms with Crippen molar-refractivity contribution in [1.82, 2.24) is 0 Å². The van der Waals surface area contributed by atoms with Crippen LogP contribution in [0, 0.1) is 0 Å². The van der Waals surface area contributed by atoms with Crippen molar-refractivity contribution in [3.05, 3.63) is 29.3 Å². The molecule has 0 aliphatic carbocycles. The number of carbonyl (C=O) groups is 1. The average Bonchev–Trinajstić information content (AvgIpc) is 2.92. The molecular weight excluding hydrogens is 228 g/mol. The highest BCUT2D eigenvalue weighted by atomic mass is 16.5. The Kier molecular flexibility index (Phi) is 2.86. The Bertz CT molecular complexity index is 481. The number of ether oxygens (including phenoxy) is 2. The van der Waals surface area contributed by atoms with Crippen LogP contribution in [0.15, 0.2) is 18.2 Å². The van der Waals surface area contributed by atoms with Gasteiger partial charge < -0.3 is 9.47 Å². The van der Waals surface area contributed by atoms with Gasteiger partial charge in [0.1, 0.15) is 18.0 Å². The minimum absolute atomic E-state index is 0.113. The second kappa shape index (κ2) is 4.39. The van der Waals surface area contributed by atoms with Gasteiger partial charge in [0.25, 0.3) is 0 Å². The standard InChI is InChI=1S/C15H18O3/c1-9-3-5-14(17-9)15(16)11-4-6-13-12(8-11)7-10(2)18-13/h4,6,8-10,14H,3,5,7H2,1-2H3. The number of benzene rings is 1. The number of hydrogen-bond acceptors (Lipinski definition) is 3. The molecule has 0 bridgehead atoms. The molecule has 1 aromatic carbocycles. The van der Waals surface area contributed by atoms with E-state index in [1.54, 1.807) is 0 Å². The van der Waals surface area contributed by atoms with Crippen LogP contribution in [-0.2, 0) is 11.2 Å². The molecule has 3 atom stereocenters. The third-order valence-corrected chi connectivity index (χ3v) is 3.70. The van der Waals surface area contributed by atoms with Gasteiger partial charge in [-0.1, -0.05) is 0 Å². The lowest BCUT2D eigenvalue weighted by Gasteiger charge is -2.10. The first-order chi connectivity index (χ1) is 8.63. The van der Waals surface area contributed by atoms with E-state index in [0.29, 0.717) is 0 Å². The highest BCUT2D eigenvalue weighted by Crippen LogP contribution is 2.31. The second-order valence-corrected chi connectivity index (χ2v) is 5.33. The van der Waals surface area contributed by atoms with Gasteiger partial charge in [-0.05, 0) is 50.5 Å². The van der Waals surface area contributed by atoms with Crippen LogP contribution in [0.2, 0.25) is 0 Å². The summed E-state index contributed by atoms with van der Waals surface area (Å²) in [6.45, 7) is 4.06. The Labute approximate surface area is 107 Å². The van der Waals surface area contributed by atoms with Crippen molar-refractivity contribution in [2.45, 2.75) is 51.4 Å². The number of carbonyl (C=O) groups excluding carboxylic acids is 1. The minimum atomic E-state index is -0.252. The first kappa shape index (κ1) is 11.7. The van der Waals surface area contributed by atoms with E-state index in [-0.39, 0.29) is 24.1 Å². The largest absolute Gasteiger partial charge is 0.490 e. The molecule has 0 aromatic heterocycles. The zero-order chi connectivity index (χ0) is 12.7. The van der Waals surface area contributed by atoms with Crippen LogP contribution < -0.4 is 4.74 Å². The third-order valence-electron chi connectivity index (χ3n) is 3.70. The highest BCUT2D eigenvalue weighted by Gasteiger charge is 2.30. The lowest BCUT2D eigenvalue weighted by molar-refractivity contribution is 0.0433. The quantitative estimate of drug-likeness (QED) is 0.753. The number of fused-ring (bicyclic) bond motifs is 1. The summed E-state index contributed by atoms with van der Waals surface area (Å²) >= 11 is 0. The molecule has 0 saturated carbocycles. The van der Waals surface area contributed by atoms with Gasteiger partial charge >= 0.3 is 0 Å². The SMILES string of the molecule is CC1Cc2cc(C(=O)C3CCC(C)O3)ccc2O1. The Morgan fingerprint density at radius 2 is 2.06 bits per heavy atom. The van der Waals surface area contributed by atoms with E-state index in [1.165, 1.54) is 0 Å². The summed E-state index contributed by atoms with van der Waals surface area (Å²) < 4.78 is 11.3. The summed E-state index contributed by atoms with van der Waals surface area (Å²) in [5.41, 5.74) is 1.89. The van der Waals surface area contributed by atoms with Crippen LogP contribution in [-0.4, -0.2) is 24.1 Å². The van der Waals surface area contributed by atoms with E-state index < -0.39 is 0 Å². The normalized spacial score (nSPS) is 30.0. The van der Waals surface area contributed by atoms with Crippen molar-refractivity contribution in [1.29, 1.82) is 0 Å². The van der Waals surface area contributed by atoms with Gasteiger partial charge in [-0.2, -0.15) is 0 Å². The van der Waals surface area contributed by atoms with E-state index in [1.807, 2.05) is 32.0 Å². The van der Waals surface area contributed by atoms with Crippen LogP contribution in [0.3, 0.4) is 0 Å². The Morgan fingerprint density at radius 3 is 2.78 bits per heavy atom. The molecule has 3 heteroatoms. The fourth-order valence-electron chi connectivity index (χ4n) is 2.76. The molecule has 1 fully saturated rings. The van der Waals surface area contributed by atoms with Gasteiger partial charge in [-0.15, -0.1) is 0 Å². The summed E-state index contributed by atoms with van der Waals surface area (Å²) in [6, 6.07) is 5.73. The van der Waals surface area contributed by atoms with Crippen molar-refractivity contribution in [2.24, 2.45) is 0 Å². The summed E-state index contributed by atoms with van der Waals surface area (Å²) in [4.78, 5) is 12.3. The molecule has 3 nitrogen and oxygen atoms in total. The predicted octanol–water partition coefficient (Wildman–Crippen LogP) is 2.76. The molecular formula is C15H18O3. The molecule has 2 aliphatic rings. The van der Waals surface area contributed by atoms with Crippen LogP contribution in [0.5, 0.6) is 5.75 Å². The molecule has 3 unspecified atom stereocenters. The van der Waals surface area contributed by atoms with Gasteiger partial charge in [-0.3, -0.25) is 4.79 Å². The van der Waals surface area contributed by atoms with Crippen molar-refractivity contribution in [2.75, 3.05) is 0 Å². The molecule has 1 saturated heterocycles. The van der Waals surface area contributed by atoms with E-state index in [2.05, 4.69) is 0 Å². The number of Topliss-reactive ketones (excluding diaryl/α,β-unsaturated/α-hetero) is 1. The molecule has 0 amide bonds. The van der Waals surface area contributed by atoms with Gasteiger partial charge in [-0.25, -0.2) is 0 Å². The Hall–Kier alpha value is -1.35. The predicted molar refractivity (Wildman–Crippen MR) is 68.1 cm³/mol. The lowest BCUT2D eigenvalue weighted by atomic mass is 10.00. The van der Waals surface area contributed by atoms with E-state index in [0.717, 1.165) is 36.1 Å². The topological polar surface area (TPSA) is 35.5 Å². The maximum Gasteiger partial charge on any atom is 0.191 e. The monoisotopic (exact) mass is 246 g/mol. The van der Waals surface area contributed by atoms with Crippen molar-refractivity contribution in [3.8, 4) is 5.75 Å². The third kappa shape index (κ3) is 2.03. The van der Waals surface area contributed by atoms with Crippen LogP contribution in [0.25, 0.3) is 0 Å². The number of hydrogen-bond donors (Lipinski definition) is 0. The molecule has 0 N–H and O–H groups in total. The molecule has 1 aromatic rings. The average molecular weight is 246 g/mol. The van der Waals surface area contributed by atoms with Crippen molar-refractivity contribution < 1.29 is 14.3 Å². The summed E-state index contributed by atoms with van der Waals surface area (Å²) in [6.07, 6.45) is 2.87. The van der Waals surface area contributed by atoms with Crippen molar-refractivity contribution in [3.63, 3.8) is 0 Å². The minimum Gasteiger partial charge on any atom is -0.490 e. The van der Waals surface area contributed by atoms with Gasteiger partial charge in [0.2, 0.25) is 0 Å². The lowest BCUT2D eigenvalue weighted by Crippen LogP contribution is -2.20. The maximum atomic E-state index is 12.3. The van der Waals surface area contributed by atoms with Crippen LogP contribution in [0.1, 0.15) is 42.6 Å². The first-order valence-electron chi connectivity index (χ1n) is 6.63. The van der Waals surface area contributed by atoms with E-state index >= 15 is 0 Å². The smallest absolute Gasteiger partial charge is 0.191 e. The van der Waals surface area contributed by atoms with Crippen LogP contribution >= 0.6 is 0 Å². The van der Waals surface area contributed by atoms with Crippen LogP contribution in [0.4, 0.5) is 0 Å². The highest BCUT2D eigenvalue weighted by molar-refractivity contribution is 6.00. The molecule has 2 heterocycles. The Balaban J connectivity index is 1.81. The fourth-order valence-corrected chi connectivity index (χ4v) is 2.76. The molecule has 18 heavy (non-hydrogen) atoms. The van der Waals surface area contributed by atoms with Gasteiger partial charge in [0, 0.05) is 12.0 Å². The van der Waals surface area contributed by atoms with Gasteiger partial charge in [0.05, 0.1) is 6.10 Å². The number of ketones is 1. The van der Waals surface area contributed by atoms with E-state index in [9.17, 15) is 4.79 Å². The summed E-state index contributed by atoms with van der Waals surface area (Å²) in [5.74, 6) is 1.03. The Morgan fingerprint density at radius 1 is 1.22 bits per heavy atom. The molecule has 0 radical (unpaired) electrons. The summed E-state index contributed by atoms with van der Waals surface area (Å²) in [5, 5.41) is 0. The maximum absolute atomic E-state index is 12.3. The molecule has 2 aliphatic heterocycles. The first-order valence-corrected chi connectivity index (χ1v) is 6.63. The summed E-state index contributed by atoms with van der Waals surface area (Å²) in [7, 11) is 0. The fraction of sp³-hybridized carbons (Fsp3) is 0.533. The molecule has 3 rings (SSSR count). The zero-order valence-electron chi connectivity index (χ0n) is 10.8.